The Morgan fingerprint density at radius 3 is 2.54 bits per heavy atom. The minimum atomic E-state index is -0.221. The predicted octanol–water partition coefficient (Wildman–Crippen LogP) is 4.63. The highest BCUT2D eigenvalue weighted by molar-refractivity contribution is 7.16. The molecule has 1 aliphatic heterocycles. The molecule has 2 aromatic heterocycles. The van der Waals surface area contributed by atoms with E-state index in [1.165, 1.54) is 22.3 Å². The van der Waals surface area contributed by atoms with Crippen molar-refractivity contribution in [3.8, 4) is 0 Å². The predicted molar refractivity (Wildman–Crippen MR) is 111 cm³/mol. The first-order valence-corrected chi connectivity index (χ1v) is 10.3. The van der Waals surface area contributed by atoms with Crippen LogP contribution in [0.25, 0.3) is 0 Å². The fraction of sp³-hybridized carbons (Fsp3) is 0.318. The molecule has 6 heteroatoms. The molecule has 1 aliphatic rings. The Balaban J connectivity index is 1.76. The summed E-state index contributed by atoms with van der Waals surface area (Å²) in [6.07, 6.45) is 1.52. The van der Waals surface area contributed by atoms with Crippen LogP contribution < -0.4 is 5.32 Å². The maximum atomic E-state index is 12.7. The van der Waals surface area contributed by atoms with Crippen molar-refractivity contribution in [3.63, 3.8) is 0 Å². The molecule has 1 aromatic carbocycles. The zero-order valence-electron chi connectivity index (χ0n) is 16.1. The van der Waals surface area contributed by atoms with E-state index in [1.807, 2.05) is 6.07 Å². The van der Waals surface area contributed by atoms with Gasteiger partial charge < -0.3 is 14.5 Å². The van der Waals surface area contributed by atoms with Gasteiger partial charge in [-0.05, 0) is 37.1 Å². The van der Waals surface area contributed by atoms with E-state index in [0.29, 0.717) is 5.76 Å². The van der Waals surface area contributed by atoms with Gasteiger partial charge >= 0.3 is 0 Å². The van der Waals surface area contributed by atoms with Gasteiger partial charge in [0.05, 0.1) is 25.5 Å². The standard InChI is InChI=1S/C22H24N2O3S/c1-15-16(2)28-22(23-21(25)18-9-6-12-27-18)19(15)20(17-7-4-3-5-8-17)24-10-13-26-14-11-24/h3-9,12,20H,10-11,13-14H2,1-2H3,(H,23,25)/t20-/m1/s1. The molecule has 5 nitrogen and oxygen atoms in total. The van der Waals surface area contributed by atoms with Gasteiger partial charge in [-0.3, -0.25) is 9.69 Å². The number of hydrogen-bond donors (Lipinski definition) is 1. The van der Waals surface area contributed by atoms with Crippen LogP contribution in [-0.4, -0.2) is 37.1 Å². The Morgan fingerprint density at radius 2 is 1.86 bits per heavy atom. The number of morpholine rings is 1. The third-order valence-electron chi connectivity index (χ3n) is 5.20. The number of furan rings is 1. The van der Waals surface area contributed by atoms with Crippen LogP contribution in [0.1, 0.15) is 38.2 Å². The number of carbonyl (C=O) groups is 1. The van der Waals surface area contributed by atoms with Crippen molar-refractivity contribution in [1.29, 1.82) is 0 Å². The van der Waals surface area contributed by atoms with Crippen molar-refractivity contribution in [2.24, 2.45) is 0 Å². The number of aryl methyl sites for hydroxylation is 1. The number of thiophene rings is 1. The summed E-state index contributed by atoms with van der Waals surface area (Å²) >= 11 is 1.62. The van der Waals surface area contributed by atoms with Crippen LogP contribution in [-0.2, 0) is 4.74 Å². The first kappa shape index (κ1) is 18.9. The monoisotopic (exact) mass is 396 g/mol. The third kappa shape index (κ3) is 3.76. The third-order valence-corrected chi connectivity index (χ3v) is 6.34. The minimum absolute atomic E-state index is 0.0713. The molecule has 0 aliphatic carbocycles. The quantitative estimate of drug-likeness (QED) is 0.683. The van der Waals surface area contributed by atoms with Crippen molar-refractivity contribution >= 4 is 22.2 Å². The number of amides is 1. The second-order valence-electron chi connectivity index (χ2n) is 6.92. The van der Waals surface area contributed by atoms with Crippen LogP contribution >= 0.6 is 11.3 Å². The molecule has 1 N–H and O–H groups in total. The average molecular weight is 397 g/mol. The second-order valence-corrected chi connectivity index (χ2v) is 8.14. The number of carbonyl (C=O) groups excluding carboxylic acids is 1. The molecule has 146 valence electrons. The van der Waals surface area contributed by atoms with E-state index in [2.05, 4.69) is 48.3 Å². The van der Waals surface area contributed by atoms with Gasteiger partial charge in [0.1, 0.15) is 5.00 Å². The molecule has 28 heavy (non-hydrogen) atoms. The molecule has 0 bridgehead atoms. The molecule has 0 spiro atoms. The minimum Gasteiger partial charge on any atom is -0.459 e. The molecule has 3 aromatic rings. The molecule has 3 heterocycles. The first-order chi connectivity index (χ1) is 13.6. The Bertz CT molecular complexity index is 928. The lowest BCUT2D eigenvalue weighted by Crippen LogP contribution is -2.39. The highest BCUT2D eigenvalue weighted by Crippen LogP contribution is 2.42. The number of anilines is 1. The van der Waals surface area contributed by atoms with Gasteiger partial charge in [-0.25, -0.2) is 0 Å². The molecule has 1 fully saturated rings. The van der Waals surface area contributed by atoms with Crippen LogP contribution in [0.5, 0.6) is 0 Å². The zero-order chi connectivity index (χ0) is 19.5. The molecule has 0 saturated carbocycles. The Labute approximate surface area is 168 Å². The van der Waals surface area contributed by atoms with Crippen LogP contribution in [0.4, 0.5) is 5.00 Å². The highest BCUT2D eigenvalue weighted by atomic mass is 32.1. The van der Waals surface area contributed by atoms with Crippen molar-refractivity contribution in [2.45, 2.75) is 19.9 Å². The van der Waals surface area contributed by atoms with Gasteiger partial charge in [-0.1, -0.05) is 30.3 Å². The first-order valence-electron chi connectivity index (χ1n) is 9.46. The summed E-state index contributed by atoms with van der Waals surface area (Å²) in [5.41, 5.74) is 3.61. The number of rotatable bonds is 5. The Morgan fingerprint density at radius 1 is 1.11 bits per heavy atom. The molecular formula is C22H24N2O3S. The summed E-state index contributed by atoms with van der Waals surface area (Å²) in [4.78, 5) is 16.3. The number of ether oxygens (including phenoxy) is 1. The van der Waals surface area contributed by atoms with Crippen LogP contribution in [0.3, 0.4) is 0 Å². The van der Waals surface area contributed by atoms with E-state index in [-0.39, 0.29) is 11.9 Å². The molecule has 0 unspecified atom stereocenters. The summed E-state index contributed by atoms with van der Waals surface area (Å²) in [6, 6.07) is 14.0. The van der Waals surface area contributed by atoms with E-state index in [0.717, 1.165) is 36.9 Å². The summed E-state index contributed by atoms with van der Waals surface area (Å²) in [6.45, 7) is 7.41. The normalized spacial score (nSPS) is 16.1. The van der Waals surface area contributed by atoms with Crippen LogP contribution in [0.2, 0.25) is 0 Å². The second kappa shape index (κ2) is 8.31. The maximum Gasteiger partial charge on any atom is 0.291 e. The summed E-state index contributed by atoms with van der Waals surface area (Å²) in [5, 5.41) is 3.98. The zero-order valence-corrected chi connectivity index (χ0v) is 16.9. The Kier molecular flexibility index (Phi) is 5.62. The molecule has 1 atom stereocenters. The van der Waals surface area contributed by atoms with E-state index in [4.69, 9.17) is 9.15 Å². The Hall–Kier alpha value is -2.41. The maximum absolute atomic E-state index is 12.7. The van der Waals surface area contributed by atoms with Gasteiger partial charge in [-0.15, -0.1) is 11.3 Å². The van der Waals surface area contributed by atoms with E-state index < -0.39 is 0 Å². The average Bonchev–Trinajstić information content (AvgIpc) is 3.35. The summed E-state index contributed by atoms with van der Waals surface area (Å²) in [7, 11) is 0. The van der Waals surface area contributed by atoms with Gasteiger partial charge in [-0.2, -0.15) is 0 Å². The topological polar surface area (TPSA) is 54.7 Å². The van der Waals surface area contributed by atoms with Crippen molar-refractivity contribution in [3.05, 3.63) is 76.1 Å². The number of nitrogens with one attached hydrogen (secondary N) is 1. The van der Waals surface area contributed by atoms with E-state index in [1.54, 1.807) is 23.5 Å². The lowest BCUT2D eigenvalue weighted by atomic mass is 9.94. The van der Waals surface area contributed by atoms with Gasteiger partial charge in [0, 0.05) is 23.5 Å². The SMILES string of the molecule is Cc1sc(NC(=O)c2ccco2)c([C@@H](c2ccccc2)N2CCOCC2)c1C. The molecule has 1 saturated heterocycles. The van der Waals surface area contributed by atoms with Gasteiger partial charge in [0.15, 0.2) is 5.76 Å². The molecule has 4 rings (SSSR count). The van der Waals surface area contributed by atoms with E-state index >= 15 is 0 Å². The molecule has 0 radical (unpaired) electrons. The smallest absolute Gasteiger partial charge is 0.291 e. The number of benzene rings is 1. The lowest BCUT2D eigenvalue weighted by molar-refractivity contribution is 0.0240. The number of hydrogen-bond acceptors (Lipinski definition) is 5. The van der Waals surface area contributed by atoms with Crippen LogP contribution in [0.15, 0.2) is 53.1 Å². The summed E-state index contributed by atoms with van der Waals surface area (Å²) in [5.74, 6) is 0.0959. The van der Waals surface area contributed by atoms with Gasteiger partial charge in [0.25, 0.3) is 5.91 Å². The van der Waals surface area contributed by atoms with Gasteiger partial charge in [0.2, 0.25) is 0 Å². The highest BCUT2D eigenvalue weighted by Gasteiger charge is 2.30. The fourth-order valence-electron chi connectivity index (χ4n) is 3.67. The molecule has 1 amide bonds. The number of nitrogens with zero attached hydrogens (tertiary/aromatic N) is 1. The van der Waals surface area contributed by atoms with E-state index in [9.17, 15) is 4.79 Å². The lowest BCUT2D eigenvalue weighted by Gasteiger charge is -2.35. The van der Waals surface area contributed by atoms with Crippen molar-refractivity contribution in [2.75, 3.05) is 31.6 Å². The van der Waals surface area contributed by atoms with Crippen molar-refractivity contribution < 1.29 is 13.9 Å². The largest absolute Gasteiger partial charge is 0.459 e. The fourth-order valence-corrected chi connectivity index (χ4v) is 4.76. The van der Waals surface area contributed by atoms with Crippen molar-refractivity contribution in [1.82, 2.24) is 4.90 Å². The summed E-state index contributed by atoms with van der Waals surface area (Å²) < 4.78 is 10.9. The molecular weight excluding hydrogens is 372 g/mol. The van der Waals surface area contributed by atoms with Crippen LogP contribution in [0, 0.1) is 13.8 Å².